The molecule has 5 heteroatoms. The predicted octanol–water partition coefficient (Wildman–Crippen LogP) is 2.57. The Bertz CT molecular complexity index is 572. The fourth-order valence-electron chi connectivity index (χ4n) is 2.93. The van der Waals surface area contributed by atoms with Gasteiger partial charge < -0.3 is 14.8 Å². The first-order valence-corrected chi connectivity index (χ1v) is 9.10. The van der Waals surface area contributed by atoms with Crippen LogP contribution in [0.4, 0.5) is 0 Å². The number of morpholine rings is 1. The number of rotatable bonds is 8. The van der Waals surface area contributed by atoms with E-state index in [1.165, 1.54) is 0 Å². The van der Waals surface area contributed by atoms with Crippen LogP contribution in [-0.4, -0.2) is 56.3 Å². The summed E-state index contributed by atoms with van der Waals surface area (Å²) in [5, 5.41) is 2.93. The zero-order chi connectivity index (χ0) is 18.1. The lowest BCUT2D eigenvalue weighted by Gasteiger charge is -2.33. The third-order valence-electron chi connectivity index (χ3n) is 3.98. The average molecular weight is 346 g/mol. The minimum Gasteiger partial charge on any atom is -0.493 e. The second-order valence-corrected chi connectivity index (χ2v) is 6.70. The van der Waals surface area contributed by atoms with Gasteiger partial charge in [-0.3, -0.25) is 9.69 Å². The Morgan fingerprint density at radius 1 is 1.44 bits per heavy atom. The number of carbonyl (C=O) groups excluding carboxylic acids is 1. The molecular weight excluding hydrogens is 316 g/mol. The van der Waals surface area contributed by atoms with E-state index in [2.05, 4.69) is 24.1 Å². The molecule has 1 amide bonds. The number of hydrogen-bond acceptors (Lipinski definition) is 4. The second kappa shape index (κ2) is 10.2. The molecule has 1 N–H and O–H groups in total. The van der Waals surface area contributed by atoms with Crippen molar-refractivity contribution in [2.24, 2.45) is 5.92 Å². The minimum absolute atomic E-state index is 0.0561. The quantitative estimate of drug-likeness (QED) is 0.735. The lowest BCUT2D eigenvalue weighted by molar-refractivity contribution is -0.117. The molecule has 0 bridgehead atoms. The number of para-hydroxylation sites is 1. The van der Waals surface area contributed by atoms with Crippen LogP contribution in [0.5, 0.6) is 5.75 Å². The Morgan fingerprint density at radius 3 is 3.00 bits per heavy atom. The van der Waals surface area contributed by atoms with Crippen molar-refractivity contribution in [2.45, 2.75) is 26.9 Å². The molecule has 1 fully saturated rings. The molecule has 0 spiro atoms. The van der Waals surface area contributed by atoms with Crippen LogP contribution in [0.15, 0.2) is 30.3 Å². The van der Waals surface area contributed by atoms with Gasteiger partial charge in [0.05, 0.1) is 19.3 Å². The molecule has 1 aliphatic rings. The summed E-state index contributed by atoms with van der Waals surface area (Å²) in [6.07, 6.45) is 3.39. The smallest absolute Gasteiger partial charge is 0.244 e. The van der Waals surface area contributed by atoms with Crippen LogP contribution < -0.4 is 10.1 Å². The molecule has 1 atom stereocenters. The molecule has 0 aliphatic carbocycles. The standard InChI is InChI=1S/C20H30N2O3/c1-4-24-19-8-6-5-7-17(19)9-10-20(23)21-13-18-15-22(11-12-25-18)14-16(2)3/h5-10,16,18H,4,11-15H2,1-3H3,(H,21,23)/b10-9+. The number of nitrogens with one attached hydrogen (secondary N) is 1. The van der Waals surface area contributed by atoms with Crippen LogP contribution in [0.2, 0.25) is 0 Å². The van der Waals surface area contributed by atoms with E-state index in [1.54, 1.807) is 12.2 Å². The molecule has 138 valence electrons. The highest BCUT2D eigenvalue weighted by atomic mass is 16.5. The van der Waals surface area contributed by atoms with Gasteiger partial charge in [0.2, 0.25) is 5.91 Å². The van der Waals surface area contributed by atoms with Gasteiger partial charge in [0, 0.05) is 37.8 Å². The summed E-state index contributed by atoms with van der Waals surface area (Å²) >= 11 is 0. The van der Waals surface area contributed by atoms with Gasteiger partial charge in [0.25, 0.3) is 0 Å². The van der Waals surface area contributed by atoms with Crippen molar-refractivity contribution in [3.05, 3.63) is 35.9 Å². The maximum atomic E-state index is 12.1. The van der Waals surface area contributed by atoms with Gasteiger partial charge in [-0.1, -0.05) is 32.0 Å². The lowest BCUT2D eigenvalue weighted by atomic mass is 10.1. The van der Waals surface area contributed by atoms with Crippen molar-refractivity contribution < 1.29 is 14.3 Å². The monoisotopic (exact) mass is 346 g/mol. The lowest BCUT2D eigenvalue weighted by Crippen LogP contribution is -2.48. The third-order valence-corrected chi connectivity index (χ3v) is 3.98. The van der Waals surface area contributed by atoms with Crippen molar-refractivity contribution in [1.82, 2.24) is 10.2 Å². The molecule has 5 nitrogen and oxygen atoms in total. The fourth-order valence-corrected chi connectivity index (χ4v) is 2.93. The molecule has 1 aromatic carbocycles. The Morgan fingerprint density at radius 2 is 2.24 bits per heavy atom. The largest absolute Gasteiger partial charge is 0.493 e. The molecule has 0 aromatic heterocycles. The van der Waals surface area contributed by atoms with Gasteiger partial charge in [-0.25, -0.2) is 0 Å². The SMILES string of the molecule is CCOc1ccccc1/C=C/C(=O)NCC1CN(CC(C)C)CCO1. The predicted molar refractivity (Wildman–Crippen MR) is 101 cm³/mol. The summed E-state index contributed by atoms with van der Waals surface area (Å²) < 4.78 is 11.3. The highest BCUT2D eigenvalue weighted by molar-refractivity contribution is 5.92. The first-order valence-electron chi connectivity index (χ1n) is 9.10. The molecule has 1 heterocycles. The van der Waals surface area contributed by atoms with Gasteiger partial charge in [-0.2, -0.15) is 0 Å². The van der Waals surface area contributed by atoms with E-state index in [9.17, 15) is 4.79 Å². The van der Waals surface area contributed by atoms with E-state index in [4.69, 9.17) is 9.47 Å². The zero-order valence-electron chi connectivity index (χ0n) is 15.5. The first-order chi connectivity index (χ1) is 12.1. The van der Waals surface area contributed by atoms with Crippen LogP contribution in [-0.2, 0) is 9.53 Å². The summed E-state index contributed by atoms with van der Waals surface area (Å²) in [4.78, 5) is 14.5. The Kier molecular flexibility index (Phi) is 7.95. The summed E-state index contributed by atoms with van der Waals surface area (Å²) in [7, 11) is 0. The van der Waals surface area contributed by atoms with Gasteiger partial charge in [0.1, 0.15) is 5.75 Å². The molecule has 2 rings (SSSR count). The molecule has 0 radical (unpaired) electrons. The fraction of sp³-hybridized carbons (Fsp3) is 0.550. The average Bonchev–Trinajstić information content (AvgIpc) is 2.59. The van der Waals surface area contributed by atoms with Crippen molar-refractivity contribution >= 4 is 12.0 Å². The number of carbonyl (C=O) groups is 1. The summed E-state index contributed by atoms with van der Waals surface area (Å²) in [6.45, 7) is 11.2. The number of nitrogens with zero attached hydrogens (tertiary/aromatic N) is 1. The summed E-state index contributed by atoms with van der Waals surface area (Å²) in [6, 6.07) is 7.69. The topological polar surface area (TPSA) is 50.8 Å². The minimum atomic E-state index is -0.115. The van der Waals surface area contributed by atoms with E-state index in [1.807, 2.05) is 31.2 Å². The molecule has 1 unspecified atom stereocenters. The summed E-state index contributed by atoms with van der Waals surface area (Å²) in [5.74, 6) is 1.31. The highest BCUT2D eigenvalue weighted by Crippen LogP contribution is 2.19. The van der Waals surface area contributed by atoms with Crippen LogP contribution in [0.1, 0.15) is 26.3 Å². The van der Waals surface area contributed by atoms with Crippen LogP contribution in [0.3, 0.4) is 0 Å². The third kappa shape index (κ3) is 6.88. The first kappa shape index (κ1) is 19.5. The Labute approximate surface area is 151 Å². The van der Waals surface area contributed by atoms with Crippen LogP contribution in [0, 0.1) is 5.92 Å². The normalized spacial score (nSPS) is 18.6. The van der Waals surface area contributed by atoms with E-state index in [0.29, 0.717) is 19.1 Å². The number of benzene rings is 1. The maximum absolute atomic E-state index is 12.1. The summed E-state index contributed by atoms with van der Waals surface area (Å²) in [5.41, 5.74) is 0.900. The molecule has 1 aromatic rings. The number of hydrogen-bond donors (Lipinski definition) is 1. The highest BCUT2D eigenvalue weighted by Gasteiger charge is 2.21. The van der Waals surface area contributed by atoms with E-state index < -0.39 is 0 Å². The van der Waals surface area contributed by atoms with Crippen molar-refractivity contribution in [3.63, 3.8) is 0 Å². The molecular formula is C20H30N2O3. The van der Waals surface area contributed by atoms with Crippen molar-refractivity contribution in [2.75, 3.05) is 39.4 Å². The Balaban J connectivity index is 1.80. The molecule has 1 aliphatic heterocycles. The van der Waals surface area contributed by atoms with Gasteiger partial charge in [0.15, 0.2) is 0 Å². The van der Waals surface area contributed by atoms with E-state index in [-0.39, 0.29) is 12.0 Å². The molecule has 1 saturated heterocycles. The van der Waals surface area contributed by atoms with Crippen molar-refractivity contribution in [3.8, 4) is 5.75 Å². The van der Waals surface area contributed by atoms with Gasteiger partial charge in [-0.15, -0.1) is 0 Å². The maximum Gasteiger partial charge on any atom is 0.244 e. The molecule has 0 saturated carbocycles. The zero-order valence-corrected chi connectivity index (χ0v) is 15.5. The van der Waals surface area contributed by atoms with Crippen molar-refractivity contribution in [1.29, 1.82) is 0 Å². The van der Waals surface area contributed by atoms with Crippen LogP contribution >= 0.6 is 0 Å². The van der Waals surface area contributed by atoms with Gasteiger partial charge in [-0.05, 0) is 25.0 Å². The number of amides is 1. The van der Waals surface area contributed by atoms with E-state index >= 15 is 0 Å². The number of ether oxygens (including phenoxy) is 2. The Hall–Kier alpha value is -1.85. The van der Waals surface area contributed by atoms with E-state index in [0.717, 1.165) is 37.6 Å². The second-order valence-electron chi connectivity index (χ2n) is 6.70. The molecule has 25 heavy (non-hydrogen) atoms. The van der Waals surface area contributed by atoms with Gasteiger partial charge >= 0.3 is 0 Å². The van der Waals surface area contributed by atoms with Crippen LogP contribution in [0.25, 0.3) is 6.08 Å².